The molecule has 0 unspecified atom stereocenters. The summed E-state index contributed by atoms with van der Waals surface area (Å²) in [5, 5.41) is 25.5. The van der Waals surface area contributed by atoms with Gasteiger partial charge in [0.15, 0.2) is 0 Å². The fourth-order valence-corrected chi connectivity index (χ4v) is 7.41. The summed E-state index contributed by atoms with van der Waals surface area (Å²) in [6.45, 7) is 6.80. The van der Waals surface area contributed by atoms with Gasteiger partial charge in [0.05, 0.1) is 0 Å². The molecular weight excluding hydrogens is 764 g/mol. The molecular formula is C51H102FeO6. The Hall–Kier alpha value is -1.07. The van der Waals surface area contributed by atoms with E-state index in [1.165, 1.54) is 231 Å². The molecule has 0 rings (SSSR count). The zero-order chi connectivity index (χ0) is 42.6. The molecule has 0 aromatic rings. The smallest absolute Gasteiger partial charge is 0.303 e. The summed E-state index contributed by atoms with van der Waals surface area (Å²) in [6, 6.07) is 0. The van der Waals surface area contributed by atoms with Gasteiger partial charge < -0.3 is 15.3 Å². The van der Waals surface area contributed by atoms with Crippen LogP contribution in [0, 0.1) is 0 Å². The van der Waals surface area contributed by atoms with Gasteiger partial charge in [-0.3, -0.25) is 14.4 Å². The normalized spacial score (nSPS) is 10.6. The second-order valence-electron chi connectivity index (χ2n) is 17.2. The van der Waals surface area contributed by atoms with Crippen LogP contribution in [0.25, 0.3) is 0 Å². The molecule has 0 spiro atoms. The van der Waals surface area contributed by atoms with Crippen molar-refractivity contribution in [3.63, 3.8) is 0 Å². The van der Waals surface area contributed by atoms with E-state index in [1.807, 2.05) is 0 Å². The number of unbranched alkanes of at least 4 members (excludes halogenated alkanes) is 39. The molecule has 0 saturated carbocycles. The van der Waals surface area contributed by atoms with E-state index in [4.69, 9.17) is 15.3 Å². The number of aliphatic carboxylic acids is 3. The van der Waals surface area contributed by atoms with Crippen molar-refractivity contribution < 1.29 is 46.8 Å². The maximum Gasteiger partial charge on any atom is 0.303 e. The molecule has 0 aromatic heterocycles. The number of carbonyl (C=O) groups is 3. The predicted octanol–water partition coefficient (Wildman–Crippen LogP) is 17.8. The molecule has 0 fully saturated rings. The number of hydrogen-bond donors (Lipinski definition) is 3. The van der Waals surface area contributed by atoms with E-state index in [0.717, 1.165) is 38.5 Å². The average Bonchev–Trinajstić information content (AvgIpc) is 3.18. The van der Waals surface area contributed by atoms with Crippen molar-refractivity contribution >= 4 is 17.9 Å². The summed E-state index contributed by atoms with van der Waals surface area (Å²) in [5.74, 6) is -1.96. The Morgan fingerprint density at radius 3 is 0.431 bits per heavy atom. The first kappa shape index (κ1) is 63.6. The van der Waals surface area contributed by atoms with Crippen LogP contribution in [-0.2, 0) is 31.5 Å². The van der Waals surface area contributed by atoms with E-state index in [1.54, 1.807) is 0 Å². The summed E-state index contributed by atoms with van der Waals surface area (Å²) < 4.78 is 0. The fourth-order valence-electron chi connectivity index (χ4n) is 7.41. The van der Waals surface area contributed by atoms with Crippen LogP contribution in [0.4, 0.5) is 0 Å². The van der Waals surface area contributed by atoms with Crippen LogP contribution in [0.5, 0.6) is 0 Å². The van der Waals surface area contributed by atoms with Gasteiger partial charge in [0, 0.05) is 36.3 Å². The SMILES string of the molecule is CCCCCCCCCCCCCCCCC(=O)O.CCCCCCCCCCCCCCCCC(=O)O.CCCCCCCCCCCCCCCCC(=O)O.[Fe]. The molecule has 0 aliphatic rings. The number of hydrogen-bond acceptors (Lipinski definition) is 3. The van der Waals surface area contributed by atoms with Gasteiger partial charge in [0.2, 0.25) is 0 Å². The number of rotatable bonds is 45. The van der Waals surface area contributed by atoms with Crippen molar-refractivity contribution in [1.82, 2.24) is 0 Å². The van der Waals surface area contributed by atoms with Crippen LogP contribution in [0.1, 0.15) is 310 Å². The topological polar surface area (TPSA) is 112 Å². The minimum absolute atomic E-state index is 0. The Morgan fingerprint density at radius 1 is 0.224 bits per heavy atom. The average molecular weight is 867 g/mol. The molecule has 0 aliphatic carbocycles. The number of carboxylic acid groups (broad SMARTS) is 3. The van der Waals surface area contributed by atoms with Gasteiger partial charge in [0.1, 0.15) is 0 Å². The zero-order valence-electron chi connectivity index (χ0n) is 39.2. The van der Waals surface area contributed by atoms with E-state index in [-0.39, 0.29) is 17.1 Å². The molecule has 0 atom stereocenters. The minimum Gasteiger partial charge on any atom is -0.481 e. The van der Waals surface area contributed by atoms with Gasteiger partial charge in [-0.15, -0.1) is 0 Å². The van der Waals surface area contributed by atoms with Crippen LogP contribution in [0.15, 0.2) is 0 Å². The summed E-state index contributed by atoms with van der Waals surface area (Å²) in [5.41, 5.74) is 0. The van der Waals surface area contributed by atoms with E-state index in [0.29, 0.717) is 19.3 Å². The van der Waals surface area contributed by atoms with E-state index in [2.05, 4.69) is 20.8 Å². The second kappa shape index (κ2) is 60.2. The van der Waals surface area contributed by atoms with Gasteiger partial charge in [-0.2, -0.15) is 0 Å². The van der Waals surface area contributed by atoms with Gasteiger partial charge >= 0.3 is 17.9 Å². The Bertz CT molecular complexity index is 676. The molecule has 0 aromatic carbocycles. The maximum atomic E-state index is 10.3. The van der Waals surface area contributed by atoms with Crippen molar-refractivity contribution in [2.45, 2.75) is 310 Å². The van der Waals surface area contributed by atoms with E-state index >= 15 is 0 Å². The summed E-state index contributed by atoms with van der Waals surface area (Å²) in [4.78, 5) is 31.0. The second-order valence-corrected chi connectivity index (χ2v) is 17.2. The van der Waals surface area contributed by atoms with E-state index < -0.39 is 17.9 Å². The Morgan fingerprint density at radius 2 is 0.328 bits per heavy atom. The van der Waals surface area contributed by atoms with Crippen LogP contribution in [0.2, 0.25) is 0 Å². The molecule has 0 radical (unpaired) electrons. The van der Waals surface area contributed by atoms with Gasteiger partial charge in [-0.05, 0) is 19.3 Å². The molecule has 58 heavy (non-hydrogen) atoms. The summed E-state index contributed by atoms with van der Waals surface area (Å²) in [6.07, 6.45) is 56.2. The van der Waals surface area contributed by atoms with Gasteiger partial charge in [0.25, 0.3) is 0 Å². The predicted molar refractivity (Wildman–Crippen MR) is 248 cm³/mol. The van der Waals surface area contributed by atoms with Gasteiger partial charge in [-0.25, -0.2) is 0 Å². The molecule has 0 saturated heterocycles. The third-order valence-electron chi connectivity index (χ3n) is 11.2. The molecule has 0 amide bonds. The Labute approximate surface area is 372 Å². The zero-order valence-corrected chi connectivity index (χ0v) is 40.3. The first-order valence-electron chi connectivity index (χ1n) is 25.5. The molecule has 7 heteroatoms. The quantitative estimate of drug-likeness (QED) is 0.0415. The first-order chi connectivity index (χ1) is 27.8. The van der Waals surface area contributed by atoms with Crippen LogP contribution >= 0.6 is 0 Å². The summed E-state index contributed by atoms with van der Waals surface area (Å²) >= 11 is 0. The molecule has 350 valence electrons. The monoisotopic (exact) mass is 867 g/mol. The van der Waals surface area contributed by atoms with Crippen LogP contribution in [0.3, 0.4) is 0 Å². The van der Waals surface area contributed by atoms with E-state index in [9.17, 15) is 14.4 Å². The number of carboxylic acids is 3. The van der Waals surface area contributed by atoms with Crippen molar-refractivity contribution in [1.29, 1.82) is 0 Å². The molecule has 0 bridgehead atoms. The van der Waals surface area contributed by atoms with Crippen LogP contribution in [-0.4, -0.2) is 33.2 Å². The Kier molecular flexibility index (Phi) is 66.0. The third-order valence-corrected chi connectivity index (χ3v) is 11.2. The van der Waals surface area contributed by atoms with Crippen molar-refractivity contribution in [3.8, 4) is 0 Å². The first-order valence-corrected chi connectivity index (χ1v) is 25.5. The molecule has 0 aliphatic heterocycles. The van der Waals surface area contributed by atoms with Crippen molar-refractivity contribution in [2.75, 3.05) is 0 Å². The molecule has 0 heterocycles. The standard InChI is InChI=1S/3C17H34O2.Fe/c3*1-2-3-4-5-6-7-8-9-10-11-12-13-14-15-16-17(18)19;/h3*2-16H2,1H3,(H,18,19);. The minimum atomic E-state index is -0.654. The largest absolute Gasteiger partial charge is 0.481 e. The van der Waals surface area contributed by atoms with Crippen LogP contribution < -0.4 is 0 Å². The molecule has 6 nitrogen and oxygen atoms in total. The summed E-state index contributed by atoms with van der Waals surface area (Å²) in [7, 11) is 0. The molecule has 3 N–H and O–H groups in total. The third kappa shape index (κ3) is 72.5. The maximum absolute atomic E-state index is 10.3. The fraction of sp³-hybridized carbons (Fsp3) is 0.941. The van der Waals surface area contributed by atoms with Gasteiger partial charge in [-0.1, -0.05) is 271 Å². The van der Waals surface area contributed by atoms with Crippen molar-refractivity contribution in [3.05, 3.63) is 0 Å². The van der Waals surface area contributed by atoms with Crippen molar-refractivity contribution in [2.24, 2.45) is 0 Å². The Balaban J connectivity index is -0.000000374.